The molecule has 1 aromatic carbocycles. The third-order valence-corrected chi connectivity index (χ3v) is 8.48. The predicted molar refractivity (Wildman–Crippen MR) is 132 cm³/mol. The Hall–Kier alpha value is -2.67. The van der Waals surface area contributed by atoms with Gasteiger partial charge >= 0.3 is 0 Å². The Balaban J connectivity index is 1.34. The van der Waals surface area contributed by atoms with E-state index in [1.165, 1.54) is 25.7 Å². The summed E-state index contributed by atoms with van der Waals surface area (Å²) in [6, 6.07) is 3.90. The topological polar surface area (TPSA) is 74.2 Å². The van der Waals surface area contributed by atoms with E-state index in [1.807, 2.05) is 35.8 Å². The van der Waals surface area contributed by atoms with Gasteiger partial charge < -0.3 is 15.0 Å². The molecule has 7 nitrogen and oxygen atoms in total. The van der Waals surface area contributed by atoms with Crippen LogP contribution in [0.15, 0.2) is 28.9 Å². The Labute approximate surface area is 201 Å². The number of ether oxygens (including phenoxy) is 1. The second-order valence-electron chi connectivity index (χ2n) is 10.8. The van der Waals surface area contributed by atoms with Crippen molar-refractivity contribution in [3.63, 3.8) is 0 Å². The van der Waals surface area contributed by atoms with Crippen molar-refractivity contribution in [2.45, 2.75) is 64.8 Å². The highest BCUT2D eigenvalue weighted by Gasteiger charge is 2.43. The minimum Gasteiger partial charge on any atom is -0.381 e. The molecule has 0 unspecified atom stereocenters. The molecule has 0 radical (unpaired) electrons. The number of carbonyl (C=O) groups is 2. The van der Waals surface area contributed by atoms with Crippen molar-refractivity contribution in [3.05, 3.63) is 35.0 Å². The molecule has 1 atom stereocenters. The monoisotopic (exact) mass is 462 g/mol. The number of benzene rings is 1. The number of fused-ring (bicyclic) bond motifs is 3. The van der Waals surface area contributed by atoms with Gasteiger partial charge in [-0.15, -0.1) is 0 Å². The first-order valence-corrected chi connectivity index (χ1v) is 12.9. The van der Waals surface area contributed by atoms with E-state index in [-0.39, 0.29) is 23.8 Å². The molecular weight excluding hydrogens is 428 g/mol. The summed E-state index contributed by atoms with van der Waals surface area (Å²) in [5, 5.41) is 3.07. The van der Waals surface area contributed by atoms with Crippen LogP contribution in [0.25, 0.3) is 0 Å². The maximum atomic E-state index is 13.6. The van der Waals surface area contributed by atoms with Gasteiger partial charge in [-0.2, -0.15) is 0 Å². The molecule has 5 aliphatic rings. The summed E-state index contributed by atoms with van der Waals surface area (Å²) in [5.74, 6) is 1.16. The Morgan fingerprint density at radius 2 is 1.94 bits per heavy atom. The normalized spacial score (nSPS) is 26.2. The molecule has 0 bridgehead atoms. The number of anilines is 2. The van der Waals surface area contributed by atoms with Crippen LogP contribution in [0.5, 0.6) is 0 Å². The van der Waals surface area contributed by atoms with Crippen LogP contribution in [-0.2, 0) is 9.53 Å². The number of amides is 2. The SMILES string of the molecule is Cc1cc2c(cc1C(=O)N1CCC3(CCCC3)C1)NC(=O)C1=C[C@H](C)N=C(C3CCOCC3)N12. The van der Waals surface area contributed by atoms with Gasteiger partial charge in [0.2, 0.25) is 0 Å². The number of nitrogens with one attached hydrogen (secondary N) is 1. The van der Waals surface area contributed by atoms with Crippen molar-refractivity contribution in [1.82, 2.24) is 4.90 Å². The molecule has 2 amide bonds. The highest BCUT2D eigenvalue weighted by Crippen LogP contribution is 2.46. The fourth-order valence-corrected chi connectivity index (χ4v) is 6.61. The minimum atomic E-state index is -0.132. The summed E-state index contributed by atoms with van der Waals surface area (Å²) in [6.45, 7) is 7.16. The fraction of sp³-hybridized carbons (Fsp3) is 0.593. The molecule has 0 aromatic heterocycles. The lowest BCUT2D eigenvalue weighted by Crippen LogP contribution is -2.47. The summed E-state index contributed by atoms with van der Waals surface area (Å²) in [4.78, 5) is 35.8. The highest BCUT2D eigenvalue weighted by atomic mass is 16.5. The fourth-order valence-electron chi connectivity index (χ4n) is 6.61. The molecule has 7 heteroatoms. The summed E-state index contributed by atoms with van der Waals surface area (Å²) in [5.41, 5.74) is 4.21. The molecule has 1 aromatic rings. The maximum Gasteiger partial charge on any atom is 0.272 e. The van der Waals surface area contributed by atoms with Gasteiger partial charge in [-0.1, -0.05) is 12.8 Å². The van der Waals surface area contributed by atoms with Crippen LogP contribution < -0.4 is 10.2 Å². The van der Waals surface area contributed by atoms with Gasteiger partial charge in [0, 0.05) is 37.8 Å². The van der Waals surface area contributed by atoms with E-state index >= 15 is 0 Å². The lowest BCUT2D eigenvalue weighted by atomic mass is 9.86. The summed E-state index contributed by atoms with van der Waals surface area (Å²) in [6.07, 6.45) is 9.91. The molecule has 34 heavy (non-hydrogen) atoms. The van der Waals surface area contributed by atoms with Gasteiger partial charge in [-0.05, 0) is 75.1 Å². The van der Waals surface area contributed by atoms with Crippen molar-refractivity contribution >= 4 is 29.0 Å². The quantitative estimate of drug-likeness (QED) is 0.712. The Morgan fingerprint density at radius 3 is 2.71 bits per heavy atom. The maximum absolute atomic E-state index is 13.6. The van der Waals surface area contributed by atoms with Crippen molar-refractivity contribution < 1.29 is 14.3 Å². The molecule has 180 valence electrons. The molecule has 2 saturated heterocycles. The second-order valence-corrected chi connectivity index (χ2v) is 10.8. The second kappa shape index (κ2) is 8.22. The van der Waals surface area contributed by atoms with Gasteiger partial charge in [0.1, 0.15) is 11.5 Å². The van der Waals surface area contributed by atoms with Crippen molar-refractivity contribution in [2.75, 3.05) is 36.5 Å². The number of rotatable bonds is 2. The largest absolute Gasteiger partial charge is 0.381 e. The molecule has 3 fully saturated rings. The van der Waals surface area contributed by atoms with Gasteiger partial charge in [0.05, 0.1) is 17.4 Å². The molecule has 4 aliphatic heterocycles. The Bertz CT molecular complexity index is 1100. The lowest BCUT2D eigenvalue weighted by molar-refractivity contribution is -0.113. The van der Waals surface area contributed by atoms with E-state index in [2.05, 4.69) is 11.4 Å². The Kier molecular flexibility index (Phi) is 5.28. The molecule has 4 heterocycles. The van der Waals surface area contributed by atoms with Crippen LogP contribution in [0.3, 0.4) is 0 Å². The van der Waals surface area contributed by atoms with E-state index in [0.717, 1.165) is 49.4 Å². The van der Waals surface area contributed by atoms with Crippen LogP contribution >= 0.6 is 0 Å². The number of hydrogen-bond acceptors (Lipinski definition) is 5. The number of likely N-dealkylation sites (tertiary alicyclic amines) is 1. The standard InChI is InChI=1S/C27H34N4O3/c1-17-13-22-21(15-20(17)26(33)30-10-9-27(16-30)7-3-4-8-27)29-25(32)23-14-18(2)28-24(31(22)23)19-5-11-34-12-6-19/h13-15,18-19H,3-12,16H2,1-2H3,(H,29,32)/t18-/m0/s1. The first kappa shape index (κ1) is 21.8. The summed E-state index contributed by atoms with van der Waals surface area (Å²) >= 11 is 0. The molecule has 1 aliphatic carbocycles. The van der Waals surface area contributed by atoms with Gasteiger partial charge in [-0.25, -0.2) is 0 Å². The van der Waals surface area contributed by atoms with Crippen LogP contribution in [0.2, 0.25) is 0 Å². The zero-order chi connectivity index (χ0) is 23.4. The van der Waals surface area contributed by atoms with Crippen LogP contribution in [-0.4, -0.2) is 54.9 Å². The third kappa shape index (κ3) is 3.56. The van der Waals surface area contributed by atoms with E-state index in [1.54, 1.807) is 0 Å². The zero-order valence-corrected chi connectivity index (χ0v) is 20.2. The van der Waals surface area contributed by atoms with Crippen LogP contribution in [0.4, 0.5) is 11.4 Å². The average Bonchev–Trinajstić information content (AvgIpc) is 3.48. The van der Waals surface area contributed by atoms with Crippen molar-refractivity contribution in [2.24, 2.45) is 16.3 Å². The number of amidine groups is 1. The van der Waals surface area contributed by atoms with Gasteiger partial charge in [0.15, 0.2) is 0 Å². The van der Waals surface area contributed by atoms with Gasteiger partial charge in [0.25, 0.3) is 11.8 Å². The lowest BCUT2D eigenvalue weighted by Gasteiger charge is -2.40. The molecular formula is C27H34N4O3. The summed E-state index contributed by atoms with van der Waals surface area (Å²) < 4.78 is 5.58. The van der Waals surface area contributed by atoms with Crippen molar-refractivity contribution in [3.8, 4) is 0 Å². The van der Waals surface area contributed by atoms with Crippen LogP contribution in [0, 0.1) is 18.3 Å². The summed E-state index contributed by atoms with van der Waals surface area (Å²) in [7, 11) is 0. The third-order valence-electron chi connectivity index (χ3n) is 8.48. The van der Waals surface area contributed by atoms with E-state index < -0.39 is 0 Å². The number of hydrogen-bond donors (Lipinski definition) is 1. The first-order chi connectivity index (χ1) is 16.4. The van der Waals surface area contributed by atoms with Gasteiger partial charge in [-0.3, -0.25) is 19.5 Å². The predicted octanol–water partition coefficient (Wildman–Crippen LogP) is 4.27. The Morgan fingerprint density at radius 1 is 1.18 bits per heavy atom. The minimum absolute atomic E-state index is 0.0450. The number of aliphatic imine (C=N–C) groups is 1. The molecule has 1 N–H and O–H groups in total. The van der Waals surface area contributed by atoms with E-state index in [0.29, 0.717) is 35.6 Å². The van der Waals surface area contributed by atoms with E-state index in [4.69, 9.17) is 9.73 Å². The average molecular weight is 463 g/mol. The number of nitrogens with zero attached hydrogens (tertiary/aromatic N) is 3. The highest BCUT2D eigenvalue weighted by molar-refractivity contribution is 6.21. The molecule has 1 saturated carbocycles. The van der Waals surface area contributed by atoms with Crippen molar-refractivity contribution in [1.29, 1.82) is 0 Å². The smallest absolute Gasteiger partial charge is 0.272 e. The van der Waals surface area contributed by atoms with E-state index in [9.17, 15) is 9.59 Å². The zero-order valence-electron chi connectivity index (χ0n) is 20.2. The first-order valence-electron chi connectivity index (χ1n) is 12.9. The number of aryl methyl sites for hydroxylation is 1. The van der Waals surface area contributed by atoms with Crippen LogP contribution in [0.1, 0.15) is 67.8 Å². The molecule has 6 rings (SSSR count). The number of carbonyl (C=O) groups excluding carboxylic acids is 2. The molecule has 1 spiro atoms.